The van der Waals surface area contributed by atoms with Crippen molar-refractivity contribution in [3.05, 3.63) is 66.2 Å². The summed E-state index contributed by atoms with van der Waals surface area (Å²) in [6, 6.07) is 17.2. The van der Waals surface area contributed by atoms with Gasteiger partial charge in [-0.25, -0.2) is 0 Å². The Morgan fingerprint density at radius 1 is 0.962 bits per heavy atom. The fourth-order valence-corrected chi connectivity index (χ4v) is 2.73. The second-order valence-corrected chi connectivity index (χ2v) is 5.80. The van der Waals surface area contributed by atoms with Crippen molar-refractivity contribution >= 4 is 10.9 Å². The molecule has 0 spiro atoms. The first-order chi connectivity index (χ1) is 12.7. The summed E-state index contributed by atoms with van der Waals surface area (Å²) in [6.07, 6.45) is 0. The highest BCUT2D eigenvalue weighted by Crippen LogP contribution is 2.26. The zero-order chi connectivity index (χ0) is 17.9. The molecule has 0 atom stereocenters. The van der Waals surface area contributed by atoms with Crippen molar-refractivity contribution in [3.8, 4) is 22.9 Å². The normalized spacial score (nSPS) is 10.8. The van der Waals surface area contributed by atoms with E-state index >= 15 is 0 Å². The number of para-hydroxylation sites is 1. The topological polar surface area (TPSA) is 70.3 Å². The average molecular weight is 347 g/mol. The zero-order valence-electron chi connectivity index (χ0n) is 14.5. The maximum atomic E-state index is 5.69. The molecule has 130 valence electrons. The molecule has 0 radical (unpaired) electrons. The highest BCUT2D eigenvalue weighted by atomic mass is 16.5. The Balaban J connectivity index is 1.56. The summed E-state index contributed by atoms with van der Waals surface area (Å²) < 4.78 is 16.2. The number of rotatable bonds is 5. The van der Waals surface area contributed by atoms with Crippen molar-refractivity contribution in [3.63, 3.8) is 0 Å². The number of fused-ring (bicyclic) bond motifs is 1. The number of pyridine rings is 1. The maximum absolute atomic E-state index is 5.69. The highest BCUT2D eigenvalue weighted by Gasteiger charge is 2.13. The minimum Gasteiger partial charge on any atom is -0.497 e. The van der Waals surface area contributed by atoms with Gasteiger partial charge in [0.2, 0.25) is 5.82 Å². The largest absolute Gasteiger partial charge is 0.497 e. The Kier molecular flexibility index (Phi) is 4.23. The number of ether oxygens (including phenoxy) is 2. The lowest BCUT2D eigenvalue weighted by atomic mass is 10.1. The Labute approximate surface area is 150 Å². The molecule has 0 aliphatic rings. The summed E-state index contributed by atoms with van der Waals surface area (Å²) in [7, 11) is 1.63. The summed E-state index contributed by atoms with van der Waals surface area (Å²) in [6.45, 7) is 2.14. The molecule has 2 heterocycles. The van der Waals surface area contributed by atoms with Gasteiger partial charge in [-0.2, -0.15) is 4.98 Å². The van der Waals surface area contributed by atoms with E-state index in [1.807, 2.05) is 61.5 Å². The van der Waals surface area contributed by atoms with Crippen LogP contribution in [0.5, 0.6) is 11.5 Å². The lowest BCUT2D eigenvalue weighted by molar-refractivity contribution is 0.242. The molecule has 0 amide bonds. The molecule has 4 rings (SSSR count). The molecular formula is C20H17N3O3. The molecule has 2 aromatic heterocycles. The van der Waals surface area contributed by atoms with Crippen LogP contribution in [0.25, 0.3) is 22.3 Å². The van der Waals surface area contributed by atoms with Crippen LogP contribution in [0.15, 0.2) is 59.1 Å². The van der Waals surface area contributed by atoms with Crippen molar-refractivity contribution in [2.75, 3.05) is 7.11 Å². The van der Waals surface area contributed by atoms with Crippen LogP contribution in [-0.4, -0.2) is 22.2 Å². The SMILES string of the molecule is COc1ccc(OCc2nc(-c3cc(C)nc4ccccc34)no2)cc1. The average Bonchev–Trinajstić information content (AvgIpc) is 3.15. The van der Waals surface area contributed by atoms with Crippen molar-refractivity contribution in [1.29, 1.82) is 0 Å². The monoisotopic (exact) mass is 347 g/mol. The number of hydrogen-bond donors (Lipinski definition) is 0. The van der Waals surface area contributed by atoms with Crippen molar-refractivity contribution in [1.82, 2.24) is 15.1 Å². The lowest BCUT2D eigenvalue weighted by Gasteiger charge is -2.04. The first-order valence-electron chi connectivity index (χ1n) is 8.19. The number of benzene rings is 2. The Morgan fingerprint density at radius 2 is 1.73 bits per heavy atom. The van der Waals surface area contributed by atoms with Crippen LogP contribution in [0.2, 0.25) is 0 Å². The smallest absolute Gasteiger partial charge is 0.264 e. The van der Waals surface area contributed by atoms with Crippen molar-refractivity contribution in [2.24, 2.45) is 0 Å². The summed E-state index contributed by atoms with van der Waals surface area (Å²) >= 11 is 0. The van der Waals surface area contributed by atoms with Crippen LogP contribution in [0, 0.1) is 6.92 Å². The van der Waals surface area contributed by atoms with Gasteiger partial charge >= 0.3 is 0 Å². The number of methoxy groups -OCH3 is 1. The van der Waals surface area contributed by atoms with Crippen LogP contribution in [0.3, 0.4) is 0 Å². The molecule has 0 aliphatic carbocycles. The van der Waals surface area contributed by atoms with Crippen molar-refractivity contribution in [2.45, 2.75) is 13.5 Å². The highest BCUT2D eigenvalue weighted by molar-refractivity contribution is 5.92. The van der Waals surface area contributed by atoms with Gasteiger partial charge in [0.25, 0.3) is 5.89 Å². The van der Waals surface area contributed by atoms with E-state index in [-0.39, 0.29) is 6.61 Å². The van der Waals surface area contributed by atoms with E-state index in [4.69, 9.17) is 14.0 Å². The van der Waals surface area contributed by atoms with Gasteiger partial charge in [0.05, 0.1) is 12.6 Å². The lowest BCUT2D eigenvalue weighted by Crippen LogP contribution is -1.96. The minimum atomic E-state index is 0.196. The molecule has 6 nitrogen and oxygen atoms in total. The molecule has 2 aromatic carbocycles. The van der Waals surface area contributed by atoms with E-state index in [1.165, 1.54) is 0 Å². The van der Waals surface area contributed by atoms with Gasteiger partial charge in [0, 0.05) is 16.6 Å². The van der Waals surface area contributed by atoms with E-state index in [2.05, 4.69) is 15.1 Å². The quantitative estimate of drug-likeness (QED) is 0.539. The van der Waals surface area contributed by atoms with Crippen LogP contribution in [-0.2, 0) is 6.61 Å². The predicted octanol–water partition coefficient (Wildman–Crippen LogP) is 4.18. The van der Waals surface area contributed by atoms with E-state index < -0.39 is 0 Å². The number of hydrogen-bond acceptors (Lipinski definition) is 6. The van der Waals surface area contributed by atoms with Gasteiger partial charge in [0.15, 0.2) is 6.61 Å². The van der Waals surface area contributed by atoms with Crippen LogP contribution < -0.4 is 9.47 Å². The summed E-state index contributed by atoms with van der Waals surface area (Å²) in [4.78, 5) is 9.00. The summed E-state index contributed by atoms with van der Waals surface area (Å²) in [5, 5.41) is 5.09. The second kappa shape index (κ2) is 6.84. The fraction of sp³-hybridized carbons (Fsp3) is 0.150. The van der Waals surface area contributed by atoms with Gasteiger partial charge in [-0.15, -0.1) is 0 Å². The molecule has 0 saturated heterocycles. The molecular weight excluding hydrogens is 330 g/mol. The third-order valence-corrected chi connectivity index (χ3v) is 3.97. The number of aryl methyl sites for hydroxylation is 1. The standard InChI is InChI=1S/C20H17N3O3/c1-13-11-17(16-5-3-4-6-18(16)21-13)20-22-19(26-23-20)12-25-15-9-7-14(24-2)8-10-15/h3-11H,12H2,1-2H3. The number of nitrogens with zero attached hydrogens (tertiary/aromatic N) is 3. The van der Waals surface area contributed by atoms with Crippen LogP contribution in [0.4, 0.5) is 0 Å². The first kappa shape index (κ1) is 16.1. The van der Waals surface area contributed by atoms with Gasteiger partial charge in [-0.1, -0.05) is 23.4 Å². The predicted molar refractivity (Wildman–Crippen MR) is 97.1 cm³/mol. The van der Waals surface area contributed by atoms with Gasteiger partial charge in [0.1, 0.15) is 11.5 Å². The third-order valence-electron chi connectivity index (χ3n) is 3.97. The Bertz CT molecular complexity index is 1040. The first-order valence-corrected chi connectivity index (χ1v) is 8.19. The van der Waals surface area contributed by atoms with Gasteiger partial charge in [-0.05, 0) is 43.3 Å². The van der Waals surface area contributed by atoms with E-state index in [9.17, 15) is 0 Å². The molecule has 0 aliphatic heterocycles. The van der Waals surface area contributed by atoms with E-state index in [0.717, 1.165) is 27.9 Å². The zero-order valence-corrected chi connectivity index (χ0v) is 14.5. The van der Waals surface area contributed by atoms with E-state index in [1.54, 1.807) is 7.11 Å². The third kappa shape index (κ3) is 3.21. The van der Waals surface area contributed by atoms with Crippen LogP contribution in [0.1, 0.15) is 11.6 Å². The minimum absolute atomic E-state index is 0.196. The van der Waals surface area contributed by atoms with Crippen molar-refractivity contribution < 1.29 is 14.0 Å². The molecule has 0 bridgehead atoms. The Morgan fingerprint density at radius 3 is 2.54 bits per heavy atom. The summed E-state index contributed by atoms with van der Waals surface area (Å²) in [5.41, 5.74) is 2.70. The van der Waals surface area contributed by atoms with Gasteiger partial charge < -0.3 is 14.0 Å². The molecule has 0 N–H and O–H groups in total. The molecule has 26 heavy (non-hydrogen) atoms. The van der Waals surface area contributed by atoms with E-state index in [0.29, 0.717) is 17.5 Å². The Hall–Kier alpha value is -3.41. The fourth-order valence-electron chi connectivity index (χ4n) is 2.73. The van der Waals surface area contributed by atoms with Crippen LogP contribution >= 0.6 is 0 Å². The molecule has 0 saturated carbocycles. The molecule has 6 heteroatoms. The molecule has 4 aromatic rings. The maximum Gasteiger partial charge on any atom is 0.264 e. The molecule has 0 fully saturated rings. The summed E-state index contributed by atoms with van der Waals surface area (Å²) in [5.74, 6) is 2.42. The second-order valence-electron chi connectivity index (χ2n) is 5.80. The van der Waals surface area contributed by atoms with Gasteiger partial charge in [-0.3, -0.25) is 4.98 Å². The number of aromatic nitrogens is 3. The molecule has 0 unspecified atom stereocenters.